The van der Waals surface area contributed by atoms with Crippen molar-refractivity contribution in [3.63, 3.8) is 0 Å². The minimum atomic E-state index is -0.835. The molecule has 5 heteroatoms. The SMILES string of the molecule is CCN(CCCC(C)(NC(C)C)C(=O)O)C(C)CN(C)C. The lowest BCUT2D eigenvalue weighted by molar-refractivity contribution is -0.144. The summed E-state index contributed by atoms with van der Waals surface area (Å²) in [5.74, 6) is -0.763. The average molecular weight is 301 g/mol. The number of hydrogen-bond donors (Lipinski definition) is 2. The molecule has 0 saturated heterocycles. The first kappa shape index (κ1) is 20.3. The normalized spacial score (nSPS) is 16.5. The van der Waals surface area contributed by atoms with Crippen LogP contribution in [0.3, 0.4) is 0 Å². The van der Waals surface area contributed by atoms with Crippen molar-refractivity contribution in [3.05, 3.63) is 0 Å². The Morgan fingerprint density at radius 1 is 1.29 bits per heavy atom. The lowest BCUT2D eigenvalue weighted by Gasteiger charge is -2.32. The molecule has 5 nitrogen and oxygen atoms in total. The third-order valence-corrected chi connectivity index (χ3v) is 3.86. The highest BCUT2D eigenvalue weighted by Gasteiger charge is 2.33. The van der Waals surface area contributed by atoms with Crippen molar-refractivity contribution in [2.24, 2.45) is 0 Å². The van der Waals surface area contributed by atoms with Gasteiger partial charge in [0.05, 0.1) is 0 Å². The topological polar surface area (TPSA) is 55.8 Å². The molecule has 0 rings (SSSR count). The van der Waals surface area contributed by atoms with Crippen LogP contribution in [0.4, 0.5) is 0 Å². The van der Waals surface area contributed by atoms with Crippen molar-refractivity contribution in [3.8, 4) is 0 Å². The summed E-state index contributed by atoms with van der Waals surface area (Å²) in [6.07, 6.45) is 1.53. The number of likely N-dealkylation sites (N-methyl/N-ethyl adjacent to an activating group) is 2. The number of aliphatic carboxylic acids is 1. The zero-order chi connectivity index (χ0) is 16.6. The number of nitrogens with one attached hydrogen (secondary N) is 1. The van der Waals surface area contributed by atoms with Crippen LogP contribution in [0, 0.1) is 0 Å². The fourth-order valence-electron chi connectivity index (χ4n) is 2.85. The molecule has 2 N–H and O–H groups in total. The van der Waals surface area contributed by atoms with Crippen molar-refractivity contribution in [1.82, 2.24) is 15.1 Å². The van der Waals surface area contributed by atoms with Crippen LogP contribution in [-0.2, 0) is 4.79 Å². The van der Waals surface area contributed by atoms with Gasteiger partial charge in [-0.3, -0.25) is 15.0 Å². The van der Waals surface area contributed by atoms with E-state index in [4.69, 9.17) is 0 Å². The van der Waals surface area contributed by atoms with Crippen molar-refractivity contribution in [2.75, 3.05) is 33.7 Å². The maximum atomic E-state index is 11.5. The number of carboxylic acid groups (broad SMARTS) is 1. The second kappa shape index (κ2) is 9.38. The van der Waals surface area contributed by atoms with Gasteiger partial charge >= 0.3 is 5.97 Å². The molecule has 0 aliphatic carbocycles. The first-order valence-electron chi connectivity index (χ1n) is 8.02. The van der Waals surface area contributed by atoms with Gasteiger partial charge in [-0.15, -0.1) is 0 Å². The van der Waals surface area contributed by atoms with E-state index in [1.807, 2.05) is 13.8 Å². The molecule has 0 bridgehead atoms. The Morgan fingerprint density at radius 3 is 2.24 bits per heavy atom. The number of hydrogen-bond acceptors (Lipinski definition) is 4. The van der Waals surface area contributed by atoms with Crippen LogP contribution < -0.4 is 5.32 Å². The highest BCUT2D eigenvalue weighted by molar-refractivity contribution is 5.78. The monoisotopic (exact) mass is 301 g/mol. The molecule has 0 amide bonds. The van der Waals surface area contributed by atoms with Crippen LogP contribution in [0.15, 0.2) is 0 Å². The van der Waals surface area contributed by atoms with E-state index in [0.29, 0.717) is 12.5 Å². The highest BCUT2D eigenvalue weighted by atomic mass is 16.4. The van der Waals surface area contributed by atoms with Gasteiger partial charge in [-0.25, -0.2) is 0 Å². The molecule has 2 atom stereocenters. The summed E-state index contributed by atoms with van der Waals surface area (Å²) in [5, 5.41) is 12.6. The molecule has 0 aliphatic heterocycles. The summed E-state index contributed by atoms with van der Waals surface area (Å²) < 4.78 is 0. The van der Waals surface area contributed by atoms with E-state index in [0.717, 1.165) is 26.1 Å². The zero-order valence-electron chi connectivity index (χ0n) is 14.9. The predicted molar refractivity (Wildman–Crippen MR) is 88.8 cm³/mol. The maximum absolute atomic E-state index is 11.5. The summed E-state index contributed by atoms with van der Waals surface area (Å²) in [4.78, 5) is 16.1. The summed E-state index contributed by atoms with van der Waals surface area (Å²) in [6.45, 7) is 13.1. The van der Waals surface area contributed by atoms with E-state index in [-0.39, 0.29) is 6.04 Å². The molecular weight excluding hydrogens is 266 g/mol. The second-order valence-electron chi connectivity index (χ2n) is 6.78. The molecule has 0 aromatic heterocycles. The van der Waals surface area contributed by atoms with Crippen LogP contribution in [0.1, 0.15) is 47.5 Å². The third-order valence-electron chi connectivity index (χ3n) is 3.86. The van der Waals surface area contributed by atoms with Gasteiger partial charge < -0.3 is 10.0 Å². The first-order valence-corrected chi connectivity index (χ1v) is 8.02. The van der Waals surface area contributed by atoms with Gasteiger partial charge in [-0.2, -0.15) is 0 Å². The fraction of sp³-hybridized carbons (Fsp3) is 0.938. The molecular formula is C16H35N3O2. The fourth-order valence-corrected chi connectivity index (χ4v) is 2.85. The number of carbonyl (C=O) groups is 1. The number of rotatable bonds is 11. The molecule has 0 radical (unpaired) electrons. The van der Waals surface area contributed by atoms with Crippen molar-refractivity contribution in [2.45, 2.75) is 65.1 Å². The van der Waals surface area contributed by atoms with Gasteiger partial charge in [0.25, 0.3) is 0 Å². The van der Waals surface area contributed by atoms with Gasteiger partial charge in [0, 0.05) is 18.6 Å². The molecule has 0 aromatic carbocycles. The second-order valence-corrected chi connectivity index (χ2v) is 6.78. The molecule has 21 heavy (non-hydrogen) atoms. The van der Waals surface area contributed by atoms with E-state index in [1.54, 1.807) is 6.92 Å². The van der Waals surface area contributed by atoms with E-state index in [2.05, 4.69) is 43.1 Å². The van der Waals surface area contributed by atoms with E-state index in [9.17, 15) is 9.90 Å². The summed E-state index contributed by atoms with van der Waals surface area (Å²) >= 11 is 0. The van der Waals surface area contributed by atoms with Crippen LogP contribution in [-0.4, -0.2) is 72.2 Å². The van der Waals surface area contributed by atoms with E-state index >= 15 is 0 Å². The molecule has 126 valence electrons. The van der Waals surface area contributed by atoms with Gasteiger partial charge in [0.1, 0.15) is 5.54 Å². The molecule has 0 heterocycles. The van der Waals surface area contributed by atoms with Gasteiger partial charge in [0.2, 0.25) is 0 Å². The zero-order valence-corrected chi connectivity index (χ0v) is 14.9. The van der Waals surface area contributed by atoms with Crippen LogP contribution in [0.2, 0.25) is 0 Å². The van der Waals surface area contributed by atoms with Crippen molar-refractivity contribution >= 4 is 5.97 Å². The number of nitrogens with zero attached hydrogens (tertiary/aromatic N) is 2. The molecule has 0 saturated carbocycles. The van der Waals surface area contributed by atoms with Gasteiger partial charge in [0.15, 0.2) is 0 Å². The Bertz CT molecular complexity index is 308. The average Bonchev–Trinajstić information content (AvgIpc) is 2.32. The summed E-state index contributed by atoms with van der Waals surface area (Å²) in [5.41, 5.74) is -0.835. The minimum absolute atomic E-state index is 0.168. The summed E-state index contributed by atoms with van der Waals surface area (Å²) in [7, 11) is 4.16. The molecule has 0 aliphatic rings. The Morgan fingerprint density at radius 2 is 1.86 bits per heavy atom. The Kier molecular flexibility index (Phi) is 9.09. The van der Waals surface area contributed by atoms with Gasteiger partial charge in [-0.05, 0) is 67.7 Å². The molecule has 0 fully saturated rings. The minimum Gasteiger partial charge on any atom is -0.480 e. The van der Waals surface area contributed by atoms with Gasteiger partial charge in [-0.1, -0.05) is 6.92 Å². The molecule has 2 unspecified atom stereocenters. The molecule has 0 aromatic rings. The first-order chi connectivity index (χ1) is 9.62. The third kappa shape index (κ3) is 7.79. The van der Waals surface area contributed by atoms with E-state index in [1.165, 1.54) is 0 Å². The largest absolute Gasteiger partial charge is 0.480 e. The Balaban J connectivity index is 4.44. The van der Waals surface area contributed by atoms with Crippen molar-refractivity contribution < 1.29 is 9.90 Å². The standard InChI is InChI=1S/C16H35N3O2/c1-8-19(14(4)12-18(6)7)11-9-10-16(5,15(20)21)17-13(2)3/h13-14,17H,8-12H2,1-7H3,(H,20,21). The smallest absolute Gasteiger partial charge is 0.323 e. The summed E-state index contributed by atoms with van der Waals surface area (Å²) in [6, 6.07) is 0.653. The van der Waals surface area contributed by atoms with Crippen LogP contribution >= 0.6 is 0 Å². The predicted octanol–water partition coefficient (Wildman–Crippen LogP) is 1.88. The number of carboxylic acids is 1. The lowest BCUT2D eigenvalue weighted by Crippen LogP contribution is -2.52. The van der Waals surface area contributed by atoms with Crippen molar-refractivity contribution in [1.29, 1.82) is 0 Å². The quantitative estimate of drug-likeness (QED) is 0.610. The van der Waals surface area contributed by atoms with E-state index < -0.39 is 11.5 Å². The lowest BCUT2D eigenvalue weighted by atomic mass is 9.94. The Labute approximate surface area is 130 Å². The maximum Gasteiger partial charge on any atom is 0.323 e. The van der Waals surface area contributed by atoms with Crippen LogP contribution in [0.5, 0.6) is 0 Å². The Hall–Kier alpha value is -0.650. The highest BCUT2D eigenvalue weighted by Crippen LogP contribution is 2.15. The molecule has 0 spiro atoms. The van der Waals surface area contributed by atoms with Crippen LogP contribution in [0.25, 0.3) is 0 Å².